The predicted octanol–water partition coefficient (Wildman–Crippen LogP) is 3.64. The van der Waals surface area contributed by atoms with Crippen molar-refractivity contribution in [3.8, 4) is 23.1 Å². The Labute approximate surface area is 191 Å². The lowest BCUT2D eigenvalue weighted by Crippen LogP contribution is -2.56. The third-order valence-electron chi connectivity index (χ3n) is 7.09. The molecule has 166 valence electrons. The Morgan fingerprint density at radius 1 is 1.27 bits per heavy atom. The molecule has 8 heteroatoms. The number of aromatic nitrogens is 5. The SMILES string of the molecule is COc1cnc(C#N)c(-c2cn(Cc3ccc4cc(CNCC56CC(C5)C6)[nH]c4c3)nn2)c1. The molecule has 33 heavy (non-hydrogen) atoms. The zero-order valence-corrected chi connectivity index (χ0v) is 18.5. The van der Waals surface area contributed by atoms with Gasteiger partial charge >= 0.3 is 0 Å². The summed E-state index contributed by atoms with van der Waals surface area (Å²) < 4.78 is 7.01. The number of nitrogens with one attached hydrogen (secondary N) is 2. The summed E-state index contributed by atoms with van der Waals surface area (Å²) in [5.41, 5.74) is 5.58. The molecule has 3 fully saturated rings. The van der Waals surface area contributed by atoms with Gasteiger partial charge in [-0.1, -0.05) is 17.3 Å². The molecule has 0 unspecified atom stereocenters. The molecular formula is C25H25N7O. The van der Waals surface area contributed by atoms with Gasteiger partial charge in [0.05, 0.1) is 26.0 Å². The fourth-order valence-corrected chi connectivity index (χ4v) is 5.29. The first kappa shape index (κ1) is 19.9. The van der Waals surface area contributed by atoms with Gasteiger partial charge in [0.2, 0.25) is 0 Å². The number of nitrogens with zero attached hydrogens (tertiary/aromatic N) is 5. The summed E-state index contributed by atoms with van der Waals surface area (Å²) in [6.07, 6.45) is 7.62. The van der Waals surface area contributed by atoms with Gasteiger partial charge in [0.25, 0.3) is 0 Å². The summed E-state index contributed by atoms with van der Waals surface area (Å²) in [4.78, 5) is 7.70. The van der Waals surface area contributed by atoms with Crippen LogP contribution in [0.1, 0.15) is 36.2 Å². The number of methoxy groups -OCH3 is 1. The largest absolute Gasteiger partial charge is 0.495 e. The van der Waals surface area contributed by atoms with Crippen molar-refractivity contribution < 1.29 is 4.74 Å². The zero-order chi connectivity index (χ0) is 22.4. The highest BCUT2D eigenvalue weighted by Crippen LogP contribution is 2.63. The van der Waals surface area contributed by atoms with Gasteiger partial charge in [-0.2, -0.15) is 5.26 Å². The van der Waals surface area contributed by atoms with Crippen molar-refractivity contribution in [3.05, 3.63) is 59.7 Å². The van der Waals surface area contributed by atoms with Crippen LogP contribution in [-0.4, -0.2) is 38.6 Å². The molecule has 3 aliphatic carbocycles. The molecule has 0 saturated heterocycles. The molecule has 8 nitrogen and oxygen atoms in total. The second kappa shape index (κ2) is 7.71. The molecule has 0 radical (unpaired) electrons. The molecule has 2 bridgehead atoms. The molecule has 0 spiro atoms. The summed E-state index contributed by atoms with van der Waals surface area (Å²) in [6, 6.07) is 12.5. The highest BCUT2D eigenvalue weighted by molar-refractivity contribution is 5.81. The van der Waals surface area contributed by atoms with Crippen LogP contribution in [0.3, 0.4) is 0 Å². The van der Waals surface area contributed by atoms with Gasteiger partial charge in [0.15, 0.2) is 0 Å². The Balaban J connectivity index is 1.15. The number of aromatic amines is 1. The first-order valence-corrected chi connectivity index (χ1v) is 11.3. The van der Waals surface area contributed by atoms with Crippen LogP contribution in [0, 0.1) is 22.7 Å². The van der Waals surface area contributed by atoms with E-state index in [4.69, 9.17) is 4.74 Å². The number of hydrogen-bond acceptors (Lipinski definition) is 6. The second-order valence-electron chi connectivity index (χ2n) is 9.48. The quantitative estimate of drug-likeness (QED) is 0.434. The van der Waals surface area contributed by atoms with Gasteiger partial charge in [-0.05, 0) is 59.7 Å². The standard InChI is InChI=1S/C25H25N7O/c1-33-20-6-21(23(10-26)28-12-20)24-14-32(31-30-24)13-16-2-3-18-5-19(29-22(18)4-16)11-27-15-25-7-17(8-25)9-25/h2-6,12,14,17,27,29H,7-9,11,13,15H2,1H3. The van der Waals surface area contributed by atoms with Gasteiger partial charge in [-0.25, -0.2) is 9.67 Å². The van der Waals surface area contributed by atoms with Crippen LogP contribution in [0.15, 0.2) is 42.7 Å². The van der Waals surface area contributed by atoms with Crippen LogP contribution < -0.4 is 10.1 Å². The van der Waals surface area contributed by atoms with Crippen molar-refractivity contribution in [3.63, 3.8) is 0 Å². The van der Waals surface area contributed by atoms with Crippen molar-refractivity contribution in [1.29, 1.82) is 5.26 Å². The zero-order valence-electron chi connectivity index (χ0n) is 18.5. The molecule has 0 atom stereocenters. The highest BCUT2D eigenvalue weighted by Gasteiger charge is 2.55. The van der Waals surface area contributed by atoms with Crippen LogP contribution in [0.2, 0.25) is 0 Å². The van der Waals surface area contributed by atoms with Gasteiger partial charge in [-0.15, -0.1) is 5.10 Å². The third-order valence-corrected chi connectivity index (χ3v) is 7.09. The monoisotopic (exact) mass is 439 g/mol. The Kier molecular flexibility index (Phi) is 4.66. The number of benzene rings is 1. The lowest BCUT2D eigenvalue weighted by molar-refractivity contribution is -0.103. The second-order valence-corrected chi connectivity index (χ2v) is 9.48. The maximum absolute atomic E-state index is 9.38. The third kappa shape index (κ3) is 3.64. The Morgan fingerprint density at radius 2 is 2.15 bits per heavy atom. The number of H-pyrrole nitrogens is 1. The fraction of sp³-hybridized carbons (Fsp3) is 0.360. The van der Waals surface area contributed by atoms with Crippen LogP contribution in [0.4, 0.5) is 0 Å². The average molecular weight is 440 g/mol. The van der Waals surface area contributed by atoms with E-state index >= 15 is 0 Å². The summed E-state index contributed by atoms with van der Waals surface area (Å²) in [7, 11) is 1.57. The smallest absolute Gasteiger partial charge is 0.150 e. The van der Waals surface area contributed by atoms with Crippen molar-refractivity contribution in [2.24, 2.45) is 11.3 Å². The number of nitriles is 1. The fourth-order valence-electron chi connectivity index (χ4n) is 5.29. The maximum atomic E-state index is 9.38. The number of rotatable bonds is 8. The minimum Gasteiger partial charge on any atom is -0.495 e. The first-order valence-electron chi connectivity index (χ1n) is 11.3. The Morgan fingerprint density at radius 3 is 2.91 bits per heavy atom. The van der Waals surface area contributed by atoms with Crippen molar-refractivity contribution in [1.82, 2.24) is 30.3 Å². The van der Waals surface area contributed by atoms with E-state index in [1.54, 1.807) is 17.9 Å². The number of ether oxygens (including phenoxy) is 1. The van der Waals surface area contributed by atoms with E-state index in [9.17, 15) is 5.26 Å². The molecule has 2 N–H and O–H groups in total. The number of hydrogen-bond donors (Lipinski definition) is 2. The van der Waals surface area contributed by atoms with Crippen LogP contribution in [0.25, 0.3) is 22.2 Å². The summed E-state index contributed by atoms with van der Waals surface area (Å²) in [6.45, 7) is 2.59. The van der Waals surface area contributed by atoms with Crippen LogP contribution in [0.5, 0.6) is 5.75 Å². The van der Waals surface area contributed by atoms with Crippen molar-refractivity contribution in [2.45, 2.75) is 32.4 Å². The van der Waals surface area contributed by atoms with E-state index in [1.807, 2.05) is 6.20 Å². The normalized spacial score (nSPS) is 20.8. The molecule has 7 rings (SSSR count). The molecule has 4 aromatic rings. The molecule has 1 aromatic carbocycles. The average Bonchev–Trinajstić information content (AvgIpc) is 3.40. The first-order chi connectivity index (χ1) is 16.1. The van der Waals surface area contributed by atoms with E-state index in [-0.39, 0.29) is 0 Å². The topological polar surface area (TPSA) is 104 Å². The molecule has 0 amide bonds. The summed E-state index contributed by atoms with van der Waals surface area (Å²) >= 11 is 0. The van der Waals surface area contributed by atoms with E-state index in [0.29, 0.717) is 34.7 Å². The maximum Gasteiger partial charge on any atom is 0.150 e. The number of fused-ring (bicyclic) bond motifs is 1. The van der Waals surface area contributed by atoms with E-state index < -0.39 is 0 Å². The van der Waals surface area contributed by atoms with Crippen molar-refractivity contribution >= 4 is 10.9 Å². The predicted molar refractivity (Wildman–Crippen MR) is 123 cm³/mol. The van der Waals surface area contributed by atoms with Crippen LogP contribution in [-0.2, 0) is 13.1 Å². The van der Waals surface area contributed by atoms with Gasteiger partial charge in [0, 0.05) is 29.9 Å². The summed E-state index contributed by atoms with van der Waals surface area (Å²) in [5.74, 6) is 1.60. The van der Waals surface area contributed by atoms with Crippen molar-refractivity contribution in [2.75, 3.05) is 13.7 Å². The van der Waals surface area contributed by atoms with E-state index in [2.05, 4.69) is 55.9 Å². The minimum absolute atomic E-state index is 0.297. The van der Waals surface area contributed by atoms with Gasteiger partial charge in [-0.3, -0.25) is 0 Å². The molecular weight excluding hydrogens is 414 g/mol. The minimum atomic E-state index is 0.297. The molecule has 0 aliphatic heterocycles. The van der Waals surface area contributed by atoms with E-state index in [1.165, 1.54) is 36.5 Å². The molecule has 3 aliphatic rings. The van der Waals surface area contributed by atoms with Gasteiger partial charge < -0.3 is 15.0 Å². The molecule has 3 saturated carbocycles. The van der Waals surface area contributed by atoms with Crippen LogP contribution >= 0.6 is 0 Å². The Hall–Kier alpha value is -3.70. The molecule has 3 aromatic heterocycles. The number of pyridine rings is 1. The lowest BCUT2D eigenvalue weighted by atomic mass is 9.44. The Bertz CT molecular complexity index is 1360. The summed E-state index contributed by atoms with van der Waals surface area (Å²) in [5, 5.41) is 22.7. The highest BCUT2D eigenvalue weighted by atomic mass is 16.5. The lowest BCUT2D eigenvalue weighted by Gasteiger charge is -2.62. The van der Waals surface area contributed by atoms with Gasteiger partial charge in [0.1, 0.15) is 23.2 Å². The molecule has 3 heterocycles. The van der Waals surface area contributed by atoms with E-state index in [0.717, 1.165) is 30.1 Å².